The first-order valence-electron chi connectivity index (χ1n) is 3.48. The van der Waals surface area contributed by atoms with Crippen LogP contribution in [0.15, 0.2) is 18.5 Å². The lowest BCUT2D eigenvalue weighted by atomic mass is 10.2. The highest BCUT2D eigenvalue weighted by molar-refractivity contribution is 5.49. The van der Waals surface area contributed by atoms with Gasteiger partial charge in [0.1, 0.15) is 0 Å². The Morgan fingerprint density at radius 1 is 1.64 bits per heavy atom. The van der Waals surface area contributed by atoms with Gasteiger partial charge in [-0.1, -0.05) is 0 Å². The topological polar surface area (TPSA) is 51.4 Å². The van der Waals surface area contributed by atoms with Gasteiger partial charge in [0.25, 0.3) is 0 Å². The first kappa shape index (κ1) is 6.57. The zero-order valence-electron chi connectivity index (χ0n) is 6.03. The number of anilines is 1. The van der Waals surface area contributed by atoms with Crippen LogP contribution in [-0.2, 0) is 11.3 Å². The second-order valence-corrected chi connectivity index (χ2v) is 2.41. The number of nitrogens with two attached hydrogens (primary N) is 1. The second kappa shape index (κ2) is 2.48. The number of hydrogen-bond donors (Lipinski definition) is 1. The number of aromatic nitrogens is 1. The van der Waals surface area contributed by atoms with Crippen molar-refractivity contribution in [3.63, 3.8) is 0 Å². The molecule has 0 spiro atoms. The third-order valence-electron chi connectivity index (χ3n) is 1.72. The van der Waals surface area contributed by atoms with Crippen LogP contribution in [0.1, 0.15) is 5.56 Å². The van der Waals surface area contributed by atoms with E-state index in [0.29, 0.717) is 6.61 Å². The Bertz CT molecular complexity index is 264. The average molecular weight is 151 g/mol. The van der Waals surface area contributed by atoms with E-state index in [0.717, 1.165) is 17.7 Å². The third-order valence-corrected chi connectivity index (χ3v) is 1.72. The lowest BCUT2D eigenvalue weighted by molar-refractivity contribution is 0.100. The monoisotopic (exact) mass is 151 g/mol. The summed E-state index contributed by atoms with van der Waals surface area (Å²) in [7, 11) is 0. The van der Waals surface area contributed by atoms with Crippen LogP contribution in [0.3, 0.4) is 0 Å². The van der Waals surface area contributed by atoms with E-state index < -0.39 is 0 Å². The van der Waals surface area contributed by atoms with Gasteiger partial charge >= 0.3 is 0 Å². The van der Waals surface area contributed by atoms with E-state index in [1.54, 1.807) is 6.20 Å². The third kappa shape index (κ3) is 1.06. The van der Waals surface area contributed by atoms with Crippen molar-refractivity contribution in [3.05, 3.63) is 24.0 Å². The van der Waals surface area contributed by atoms with Crippen molar-refractivity contribution in [2.45, 2.75) is 6.42 Å². The van der Waals surface area contributed by atoms with Crippen molar-refractivity contribution in [1.82, 2.24) is 4.98 Å². The van der Waals surface area contributed by atoms with Crippen molar-refractivity contribution < 1.29 is 4.84 Å². The number of rotatable bonds is 0. The largest absolute Gasteiger partial charge is 0.264 e. The quantitative estimate of drug-likeness (QED) is 0.540. The fourth-order valence-electron chi connectivity index (χ4n) is 1.15. The van der Waals surface area contributed by atoms with Gasteiger partial charge in [0, 0.05) is 24.4 Å². The maximum atomic E-state index is 5.53. The van der Waals surface area contributed by atoms with Crippen LogP contribution in [0.25, 0.3) is 0 Å². The average Bonchev–Trinajstić information content (AvgIpc) is 2.06. The minimum atomic E-state index is 0.634. The van der Waals surface area contributed by atoms with Gasteiger partial charge in [-0.15, -0.1) is 0 Å². The second-order valence-electron chi connectivity index (χ2n) is 2.41. The maximum Gasteiger partial charge on any atom is 0.0883 e. The van der Waals surface area contributed by atoms with Crippen LogP contribution >= 0.6 is 0 Å². The molecule has 0 bridgehead atoms. The Kier molecular flexibility index (Phi) is 1.48. The molecule has 58 valence electrons. The van der Waals surface area contributed by atoms with E-state index in [-0.39, 0.29) is 0 Å². The molecule has 0 aromatic carbocycles. The number of nitrogens with zero attached hydrogens (tertiary/aromatic N) is 2. The summed E-state index contributed by atoms with van der Waals surface area (Å²) in [6.45, 7) is 0.634. The summed E-state index contributed by atoms with van der Waals surface area (Å²) in [4.78, 5) is 9.08. The Balaban J connectivity index is 2.44. The summed E-state index contributed by atoms with van der Waals surface area (Å²) < 4.78 is 0. The number of pyridine rings is 1. The molecule has 2 heterocycles. The van der Waals surface area contributed by atoms with Gasteiger partial charge in [-0.25, -0.2) is 5.84 Å². The van der Waals surface area contributed by atoms with E-state index in [1.165, 1.54) is 5.17 Å². The molecule has 1 aromatic heterocycles. The summed E-state index contributed by atoms with van der Waals surface area (Å²) in [6, 6.07) is 1.84. The smallest absolute Gasteiger partial charge is 0.0883 e. The van der Waals surface area contributed by atoms with Gasteiger partial charge in [-0.2, -0.15) is 5.17 Å². The molecule has 1 aliphatic heterocycles. The van der Waals surface area contributed by atoms with Crippen molar-refractivity contribution in [2.24, 2.45) is 5.84 Å². The highest BCUT2D eigenvalue weighted by Crippen LogP contribution is 2.21. The number of hydrogen-bond acceptors (Lipinski definition) is 4. The molecule has 0 amide bonds. The van der Waals surface area contributed by atoms with Gasteiger partial charge < -0.3 is 0 Å². The number of hydrazine groups is 1. The van der Waals surface area contributed by atoms with Crippen molar-refractivity contribution in [3.8, 4) is 0 Å². The van der Waals surface area contributed by atoms with E-state index in [1.807, 2.05) is 12.3 Å². The van der Waals surface area contributed by atoms with Crippen LogP contribution in [0.4, 0.5) is 5.69 Å². The molecular formula is C7H9N3O. The molecule has 0 radical (unpaired) electrons. The molecule has 4 nitrogen and oxygen atoms in total. The predicted molar refractivity (Wildman–Crippen MR) is 40.6 cm³/mol. The minimum Gasteiger partial charge on any atom is -0.264 e. The van der Waals surface area contributed by atoms with Crippen LogP contribution in [0.2, 0.25) is 0 Å². The zero-order valence-corrected chi connectivity index (χ0v) is 6.03. The van der Waals surface area contributed by atoms with Gasteiger partial charge in [0.15, 0.2) is 0 Å². The van der Waals surface area contributed by atoms with E-state index in [9.17, 15) is 0 Å². The fraction of sp³-hybridized carbons (Fsp3) is 0.286. The van der Waals surface area contributed by atoms with Gasteiger partial charge in [-0.05, 0) is 6.07 Å². The molecule has 2 rings (SSSR count). The highest BCUT2D eigenvalue weighted by Gasteiger charge is 2.13. The van der Waals surface area contributed by atoms with Crippen molar-refractivity contribution >= 4 is 5.69 Å². The first-order valence-corrected chi connectivity index (χ1v) is 3.48. The molecular weight excluding hydrogens is 142 g/mol. The summed E-state index contributed by atoms with van der Waals surface area (Å²) in [5.74, 6) is 5.53. The normalized spacial score (nSPS) is 16.3. The SMILES string of the molecule is NN1OCCc2cnccc21. The molecule has 0 unspecified atom stereocenters. The number of fused-ring (bicyclic) bond motifs is 1. The molecule has 0 atom stereocenters. The van der Waals surface area contributed by atoms with Crippen LogP contribution in [0, 0.1) is 0 Å². The van der Waals surface area contributed by atoms with E-state index in [4.69, 9.17) is 10.7 Å². The van der Waals surface area contributed by atoms with E-state index in [2.05, 4.69) is 4.98 Å². The first-order chi connectivity index (χ1) is 5.38. The summed E-state index contributed by atoms with van der Waals surface area (Å²) in [5.41, 5.74) is 2.05. The molecule has 0 saturated carbocycles. The molecule has 0 saturated heterocycles. The highest BCUT2D eigenvalue weighted by atomic mass is 16.7. The Morgan fingerprint density at radius 2 is 2.55 bits per heavy atom. The summed E-state index contributed by atoms with van der Waals surface area (Å²) in [5, 5.41) is 1.29. The molecule has 1 aromatic rings. The summed E-state index contributed by atoms with van der Waals surface area (Å²) >= 11 is 0. The van der Waals surface area contributed by atoms with Crippen LogP contribution in [0.5, 0.6) is 0 Å². The Labute approximate surface area is 64.5 Å². The van der Waals surface area contributed by atoms with Crippen molar-refractivity contribution in [2.75, 3.05) is 11.8 Å². The molecule has 4 heteroatoms. The lowest BCUT2D eigenvalue weighted by Crippen LogP contribution is -2.35. The Morgan fingerprint density at radius 3 is 3.36 bits per heavy atom. The molecule has 1 aliphatic rings. The standard InChI is InChI=1S/C7H9N3O/c8-10-7-1-3-9-5-6(7)2-4-11-10/h1,3,5H,2,4,8H2. The molecule has 2 N–H and O–H groups in total. The van der Waals surface area contributed by atoms with Crippen LogP contribution < -0.4 is 11.0 Å². The summed E-state index contributed by atoms with van der Waals surface area (Å²) in [6.07, 6.45) is 4.40. The molecule has 11 heavy (non-hydrogen) atoms. The maximum absolute atomic E-state index is 5.53. The molecule has 0 fully saturated rings. The molecule has 0 aliphatic carbocycles. The van der Waals surface area contributed by atoms with Gasteiger partial charge in [-0.3, -0.25) is 9.82 Å². The zero-order chi connectivity index (χ0) is 7.68. The van der Waals surface area contributed by atoms with Gasteiger partial charge in [0.2, 0.25) is 0 Å². The Hall–Kier alpha value is -1.13. The van der Waals surface area contributed by atoms with Crippen molar-refractivity contribution in [1.29, 1.82) is 0 Å². The van der Waals surface area contributed by atoms with Crippen LogP contribution in [-0.4, -0.2) is 11.6 Å². The fourth-order valence-corrected chi connectivity index (χ4v) is 1.15. The van der Waals surface area contributed by atoms with Gasteiger partial charge in [0.05, 0.1) is 12.3 Å². The minimum absolute atomic E-state index is 0.634. The lowest BCUT2D eigenvalue weighted by Gasteiger charge is -2.24. The van der Waals surface area contributed by atoms with E-state index >= 15 is 0 Å². The predicted octanol–water partition coefficient (Wildman–Crippen LogP) is 0.249.